The van der Waals surface area contributed by atoms with Gasteiger partial charge in [-0.2, -0.15) is 0 Å². The Kier molecular flexibility index (Phi) is 1.89. The SMILES string of the molecule is Cn1ccc2sc(C(=O)O)cc2c1=O. The van der Waals surface area contributed by atoms with Gasteiger partial charge in [-0.3, -0.25) is 4.79 Å². The summed E-state index contributed by atoms with van der Waals surface area (Å²) < 4.78 is 2.14. The number of hydrogen-bond donors (Lipinski definition) is 1. The van der Waals surface area contributed by atoms with Crippen molar-refractivity contribution in [3.05, 3.63) is 33.6 Å². The van der Waals surface area contributed by atoms with Gasteiger partial charge in [-0.15, -0.1) is 11.3 Å². The van der Waals surface area contributed by atoms with Gasteiger partial charge in [-0.05, 0) is 12.1 Å². The molecule has 0 bridgehead atoms. The molecule has 0 unspecified atom stereocenters. The average Bonchev–Trinajstić information content (AvgIpc) is 2.56. The molecule has 0 radical (unpaired) electrons. The van der Waals surface area contributed by atoms with Crippen molar-refractivity contribution < 1.29 is 9.90 Å². The van der Waals surface area contributed by atoms with Gasteiger partial charge in [0.15, 0.2) is 0 Å². The maximum absolute atomic E-state index is 11.5. The third-order valence-electron chi connectivity index (χ3n) is 1.97. The van der Waals surface area contributed by atoms with E-state index in [1.54, 1.807) is 19.3 Å². The van der Waals surface area contributed by atoms with Crippen molar-refractivity contribution in [3.8, 4) is 0 Å². The fourth-order valence-electron chi connectivity index (χ4n) is 1.24. The van der Waals surface area contributed by atoms with Crippen LogP contribution in [0.3, 0.4) is 0 Å². The highest BCUT2D eigenvalue weighted by Gasteiger charge is 2.10. The molecule has 0 aliphatic heterocycles. The molecule has 0 saturated heterocycles. The van der Waals surface area contributed by atoms with Gasteiger partial charge >= 0.3 is 5.97 Å². The summed E-state index contributed by atoms with van der Waals surface area (Å²) in [5, 5.41) is 9.22. The average molecular weight is 209 g/mol. The molecule has 0 atom stereocenters. The highest BCUT2D eigenvalue weighted by molar-refractivity contribution is 7.20. The molecule has 0 aromatic carbocycles. The fraction of sp³-hybridized carbons (Fsp3) is 0.111. The fourth-order valence-corrected chi connectivity index (χ4v) is 2.12. The van der Waals surface area contributed by atoms with Gasteiger partial charge in [-0.25, -0.2) is 4.79 Å². The van der Waals surface area contributed by atoms with Crippen LogP contribution in [0.1, 0.15) is 9.67 Å². The topological polar surface area (TPSA) is 59.3 Å². The molecule has 5 heteroatoms. The molecule has 72 valence electrons. The van der Waals surface area contributed by atoms with Crippen LogP contribution in [0.2, 0.25) is 0 Å². The monoisotopic (exact) mass is 209 g/mol. The van der Waals surface area contributed by atoms with Crippen LogP contribution in [0.25, 0.3) is 10.1 Å². The number of thiophene rings is 1. The number of rotatable bonds is 1. The largest absolute Gasteiger partial charge is 0.477 e. The summed E-state index contributed by atoms with van der Waals surface area (Å²) in [5.74, 6) is -0.992. The van der Waals surface area contributed by atoms with Crippen LogP contribution in [-0.4, -0.2) is 15.6 Å². The summed E-state index contributed by atoms with van der Waals surface area (Å²) in [4.78, 5) is 22.4. The molecule has 0 amide bonds. The zero-order chi connectivity index (χ0) is 10.3. The second-order valence-corrected chi connectivity index (χ2v) is 4.01. The Hall–Kier alpha value is -1.62. The van der Waals surface area contributed by atoms with Gasteiger partial charge in [0.25, 0.3) is 5.56 Å². The molecule has 14 heavy (non-hydrogen) atoms. The summed E-state index contributed by atoms with van der Waals surface area (Å²) in [6.07, 6.45) is 1.63. The normalized spacial score (nSPS) is 10.6. The molecule has 0 spiro atoms. The summed E-state index contributed by atoms with van der Waals surface area (Å²) in [6, 6.07) is 3.17. The molecule has 2 heterocycles. The van der Waals surface area contributed by atoms with Crippen molar-refractivity contribution in [2.45, 2.75) is 0 Å². The van der Waals surface area contributed by atoms with E-state index in [4.69, 9.17) is 5.11 Å². The first-order chi connectivity index (χ1) is 6.59. The summed E-state index contributed by atoms with van der Waals surface area (Å²) in [6.45, 7) is 0. The smallest absolute Gasteiger partial charge is 0.345 e. The maximum Gasteiger partial charge on any atom is 0.345 e. The number of carboxylic acid groups (broad SMARTS) is 1. The standard InChI is InChI=1S/C9H7NO3S/c1-10-3-2-6-5(8(10)11)4-7(14-6)9(12)13/h2-4H,1H3,(H,12,13). The molecule has 0 fully saturated rings. The first-order valence-electron chi connectivity index (χ1n) is 3.92. The Balaban J connectivity index is 2.84. The van der Waals surface area contributed by atoms with Crippen molar-refractivity contribution in [3.63, 3.8) is 0 Å². The van der Waals surface area contributed by atoms with Crippen LogP contribution in [0.5, 0.6) is 0 Å². The van der Waals surface area contributed by atoms with E-state index in [1.165, 1.54) is 10.6 Å². The molecule has 2 aromatic heterocycles. The lowest BCUT2D eigenvalue weighted by atomic mass is 10.3. The second-order valence-electron chi connectivity index (χ2n) is 2.93. The zero-order valence-corrected chi connectivity index (χ0v) is 8.17. The summed E-state index contributed by atoms with van der Waals surface area (Å²) >= 11 is 1.12. The quantitative estimate of drug-likeness (QED) is 0.770. The van der Waals surface area contributed by atoms with E-state index in [2.05, 4.69) is 0 Å². The van der Waals surface area contributed by atoms with E-state index in [1.807, 2.05) is 0 Å². The number of fused-ring (bicyclic) bond motifs is 1. The Morgan fingerprint density at radius 1 is 1.57 bits per heavy atom. The van der Waals surface area contributed by atoms with E-state index >= 15 is 0 Å². The highest BCUT2D eigenvalue weighted by atomic mass is 32.1. The van der Waals surface area contributed by atoms with E-state index in [0.29, 0.717) is 10.1 Å². The molecule has 4 nitrogen and oxygen atoms in total. The molecule has 2 aromatic rings. The number of nitrogens with zero attached hydrogens (tertiary/aromatic N) is 1. The lowest BCUT2D eigenvalue weighted by Crippen LogP contribution is -2.14. The number of carbonyl (C=O) groups is 1. The van der Waals surface area contributed by atoms with E-state index in [9.17, 15) is 9.59 Å². The Morgan fingerprint density at radius 2 is 2.29 bits per heavy atom. The predicted octanol–water partition coefficient (Wildman–Crippen LogP) is 1.30. The van der Waals surface area contributed by atoms with Crippen molar-refractivity contribution in [1.82, 2.24) is 4.57 Å². The Labute approximate surface area is 83.0 Å². The molecule has 0 saturated carbocycles. The summed E-state index contributed by atoms with van der Waals surface area (Å²) in [7, 11) is 1.64. The first kappa shape index (κ1) is 8.96. The van der Waals surface area contributed by atoms with Gasteiger partial charge in [0.05, 0.1) is 5.39 Å². The van der Waals surface area contributed by atoms with Crippen LogP contribution in [0, 0.1) is 0 Å². The van der Waals surface area contributed by atoms with E-state index < -0.39 is 5.97 Å². The van der Waals surface area contributed by atoms with Crippen molar-refractivity contribution in [2.75, 3.05) is 0 Å². The highest BCUT2D eigenvalue weighted by Crippen LogP contribution is 2.22. The van der Waals surface area contributed by atoms with Gasteiger partial charge in [0.2, 0.25) is 0 Å². The van der Waals surface area contributed by atoms with E-state index in [-0.39, 0.29) is 10.4 Å². The van der Waals surface area contributed by atoms with Gasteiger partial charge in [0.1, 0.15) is 4.88 Å². The molecule has 0 aliphatic rings. The van der Waals surface area contributed by atoms with Crippen LogP contribution < -0.4 is 5.56 Å². The molecular weight excluding hydrogens is 202 g/mol. The van der Waals surface area contributed by atoms with Gasteiger partial charge in [-0.1, -0.05) is 0 Å². The van der Waals surface area contributed by atoms with Crippen molar-refractivity contribution in [1.29, 1.82) is 0 Å². The number of aryl methyl sites for hydroxylation is 1. The first-order valence-corrected chi connectivity index (χ1v) is 4.73. The number of pyridine rings is 1. The summed E-state index contributed by atoms with van der Waals surface area (Å²) in [5.41, 5.74) is -0.161. The molecular formula is C9H7NO3S. The third-order valence-corrected chi connectivity index (χ3v) is 3.06. The van der Waals surface area contributed by atoms with Gasteiger partial charge in [0, 0.05) is 17.9 Å². The third kappa shape index (κ3) is 1.22. The van der Waals surface area contributed by atoms with E-state index in [0.717, 1.165) is 11.3 Å². The van der Waals surface area contributed by atoms with Crippen molar-refractivity contribution >= 4 is 27.4 Å². The van der Waals surface area contributed by atoms with Crippen LogP contribution >= 0.6 is 11.3 Å². The van der Waals surface area contributed by atoms with Crippen LogP contribution in [0.15, 0.2) is 23.1 Å². The molecule has 0 aliphatic carbocycles. The van der Waals surface area contributed by atoms with Crippen LogP contribution in [-0.2, 0) is 7.05 Å². The number of hydrogen-bond acceptors (Lipinski definition) is 3. The lowest BCUT2D eigenvalue weighted by molar-refractivity contribution is 0.0702. The van der Waals surface area contributed by atoms with Gasteiger partial charge < -0.3 is 9.67 Å². The minimum Gasteiger partial charge on any atom is -0.477 e. The Bertz CT molecular complexity index is 567. The minimum absolute atomic E-state index is 0.161. The number of aromatic carboxylic acids is 1. The Morgan fingerprint density at radius 3 is 2.93 bits per heavy atom. The molecule has 2 rings (SSSR count). The number of carboxylic acids is 1. The maximum atomic E-state index is 11.5. The van der Waals surface area contributed by atoms with Crippen LogP contribution in [0.4, 0.5) is 0 Å². The predicted molar refractivity (Wildman–Crippen MR) is 54.0 cm³/mol. The minimum atomic E-state index is -0.992. The van der Waals surface area contributed by atoms with Crippen molar-refractivity contribution in [2.24, 2.45) is 7.05 Å². The molecule has 1 N–H and O–H groups in total. The zero-order valence-electron chi connectivity index (χ0n) is 7.35. The lowest BCUT2D eigenvalue weighted by Gasteiger charge is -1.93. The second kappa shape index (κ2) is 2.95. The number of aromatic nitrogens is 1.